The van der Waals surface area contributed by atoms with E-state index in [2.05, 4.69) is 50.3 Å². The lowest BCUT2D eigenvalue weighted by Gasteiger charge is -2.40. The molecule has 1 fully saturated rings. The van der Waals surface area contributed by atoms with Crippen LogP contribution in [-0.2, 0) is 38.7 Å². The van der Waals surface area contributed by atoms with Crippen LogP contribution >= 0.6 is 0 Å². The summed E-state index contributed by atoms with van der Waals surface area (Å²) in [5.41, 5.74) is 0. The van der Waals surface area contributed by atoms with E-state index in [0.29, 0.717) is 12.8 Å². The second kappa shape index (κ2) is 37.4. The van der Waals surface area contributed by atoms with Crippen molar-refractivity contribution in [1.29, 1.82) is 0 Å². The molecule has 13 heteroatoms. The molecule has 0 amide bonds. The zero-order valence-corrected chi connectivity index (χ0v) is 38.1. The number of hydrogen-bond acceptors (Lipinski definition) is 11. The highest BCUT2D eigenvalue weighted by Gasteiger charge is 2.46. The van der Waals surface area contributed by atoms with Gasteiger partial charge in [0.2, 0.25) is 0 Å². The summed E-state index contributed by atoms with van der Waals surface area (Å²) in [6.07, 6.45) is 33.3. The van der Waals surface area contributed by atoms with Gasteiger partial charge in [-0.2, -0.15) is 8.42 Å². The third kappa shape index (κ3) is 31.7. The molecular formula is C47H84O12S. The average molecular weight is 873 g/mol. The highest BCUT2D eigenvalue weighted by molar-refractivity contribution is 7.85. The third-order valence-corrected chi connectivity index (χ3v) is 11.4. The van der Waals surface area contributed by atoms with Gasteiger partial charge in [0.25, 0.3) is 10.1 Å². The zero-order valence-electron chi connectivity index (χ0n) is 37.3. The minimum Gasteiger partial charge on any atom is -0.462 e. The fourth-order valence-electron chi connectivity index (χ4n) is 7.00. The van der Waals surface area contributed by atoms with Crippen LogP contribution in [0.15, 0.2) is 36.5 Å². The normalized spacial score (nSPS) is 20.4. The number of unbranched alkanes of at least 4 members (excludes halogenated alkanes) is 21. The van der Waals surface area contributed by atoms with E-state index in [0.717, 1.165) is 64.2 Å². The van der Waals surface area contributed by atoms with Gasteiger partial charge in [0.15, 0.2) is 12.4 Å². The Morgan fingerprint density at radius 2 is 1.00 bits per heavy atom. The van der Waals surface area contributed by atoms with Crippen molar-refractivity contribution in [3.8, 4) is 0 Å². The van der Waals surface area contributed by atoms with Gasteiger partial charge in [0.1, 0.15) is 36.8 Å². The molecule has 0 saturated carbocycles. The van der Waals surface area contributed by atoms with Crippen LogP contribution in [-0.4, -0.2) is 96.0 Å². The molecule has 4 N–H and O–H groups in total. The molecular weight excluding hydrogens is 789 g/mol. The Hall–Kier alpha value is -2.13. The van der Waals surface area contributed by atoms with Crippen LogP contribution in [0, 0.1) is 0 Å². The van der Waals surface area contributed by atoms with Crippen LogP contribution in [0.5, 0.6) is 0 Å². The molecule has 2 unspecified atom stereocenters. The number of carbonyl (C=O) groups is 2. The predicted octanol–water partition coefficient (Wildman–Crippen LogP) is 9.78. The third-order valence-electron chi connectivity index (χ3n) is 10.7. The van der Waals surface area contributed by atoms with Crippen LogP contribution in [0.25, 0.3) is 0 Å². The largest absolute Gasteiger partial charge is 0.462 e. The van der Waals surface area contributed by atoms with Crippen molar-refractivity contribution in [2.45, 2.75) is 230 Å². The molecule has 1 aliphatic rings. The van der Waals surface area contributed by atoms with Crippen molar-refractivity contribution in [2.75, 3.05) is 19.0 Å². The smallest absolute Gasteiger partial charge is 0.306 e. The molecule has 0 aliphatic carbocycles. The summed E-state index contributed by atoms with van der Waals surface area (Å²) in [5.74, 6) is -2.02. The summed E-state index contributed by atoms with van der Waals surface area (Å²) in [6, 6.07) is 0. The van der Waals surface area contributed by atoms with Gasteiger partial charge in [-0.3, -0.25) is 14.1 Å². The standard InChI is InChI=1S/C47H84O12S/c1-3-5-7-9-11-13-15-17-19-20-22-24-26-28-30-32-34-36-43(49)58-40(38-57-47-46(52)45(51)44(50)41(59-47)39-60(53,54)55)37-56-42(48)35-33-31-29-27-25-23-21-18-16-14-12-10-8-6-4-2/h11,13,17,19,25,27,40-41,44-47,50-52H,3-10,12,14-16,18,20-24,26,28-39H2,1-2H3,(H,53,54,55)/b13-11+,19-17+,27-25+/t40-,41-,44-,45?,46?,47+/m1/s1. The Morgan fingerprint density at radius 3 is 1.55 bits per heavy atom. The highest BCUT2D eigenvalue weighted by atomic mass is 32.2. The van der Waals surface area contributed by atoms with E-state index in [1.54, 1.807) is 0 Å². The lowest BCUT2D eigenvalue weighted by atomic mass is 10.00. The summed E-state index contributed by atoms with van der Waals surface area (Å²) in [4.78, 5) is 25.4. The molecule has 0 aromatic carbocycles. The Kier molecular flexibility index (Phi) is 34.9. The maximum absolute atomic E-state index is 12.8. The van der Waals surface area contributed by atoms with Crippen molar-refractivity contribution < 1.29 is 56.8 Å². The maximum Gasteiger partial charge on any atom is 0.306 e. The lowest BCUT2D eigenvalue weighted by Crippen LogP contribution is -2.60. The summed E-state index contributed by atoms with van der Waals surface area (Å²) in [6.45, 7) is 3.72. The van der Waals surface area contributed by atoms with Crippen LogP contribution in [0.1, 0.15) is 194 Å². The predicted molar refractivity (Wildman–Crippen MR) is 238 cm³/mol. The van der Waals surface area contributed by atoms with E-state index in [1.165, 1.54) is 89.9 Å². The summed E-state index contributed by atoms with van der Waals surface area (Å²) < 4.78 is 54.1. The SMILES string of the molecule is CCCCC/C=C/C/C=C/CCCCCCCCCC(=O)O[C@H](COC(=O)CCCC/C=C/CCCCCCCCCCC)CO[C@H]1O[C@H](CS(=O)(=O)O)[C@@H](O)C(O)C1O. The Morgan fingerprint density at radius 1 is 0.567 bits per heavy atom. The first kappa shape index (κ1) is 55.9. The zero-order chi connectivity index (χ0) is 44.1. The first-order chi connectivity index (χ1) is 29.0. The number of esters is 2. The molecule has 60 heavy (non-hydrogen) atoms. The quantitative estimate of drug-likeness (QED) is 0.0199. The molecule has 0 aromatic heterocycles. The minimum atomic E-state index is -4.61. The van der Waals surface area contributed by atoms with E-state index in [1.807, 2.05) is 0 Å². The molecule has 0 bridgehead atoms. The molecule has 6 atom stereocenters. The summed E-state index contributed by atoms with van der Waals surface area (Å²) in [7, 11) is -4.61. The van der Waals surface area contributed by atoms with E-state index < -0.39 is 71.2 Å². The molecule has 12 nitrogen and oxygen atoms in total. The van der Waals surface area contributed by atoms with Crippen molar-refractivity contribution in [3.63, 3.8) is 0 Å². The molecule has 1 saturated heterocycles. The van der Waals surface area contributed by atoms with Gasteiger partial charge in [-0.1, -0.05) is 147 Å². The topological polar surface area (TPSA) is 186 Å². The number of hydrogen-bond donors (Lipinski definition) is 4. The van der Waals surface area contributed by atoms with Crippen LogP contribution < -0.4 is 0 Å². The molecule has 1 heterocycles. The fraction of sp³-hybridized carbons (Fsp3) is 0.830. The van der Waals surface area contributed by atoms with E-state index in [4.69, 9.17) is 18.9 Å². The van der Waals surface area contributed by atoms with Gasteiger partial charge in [-0.25, -0.2) is 0 Å². The first-order valence-corrected chi connectivity index (χ1v) is 25.2. The number of ether oxygens (including phenoxy) is 4. The van der Waals surface area contributed by atoms with Gasteiger partial charge in [-0.15, -0.1) is 0 Å². The second-order valence-electron chi connectivity index (χ2n) is 16.4. The lowest BCUT2D eigenvalue weighted by molar-refractivity contribution is -0.297. The minimum absolute atomic E-state index is 0.152. The summed E-state index contributed by atoms with van der Waals surface area (Å²) in [5, 5.41) is 30.9. The second-order valence-corrected chi connectivity index (χ2v) is 17.9. The molecule has 1 rings (SSSR count). The molecule has 0 radical (unpaired) electrons. The first-order valence-electron chi connectivity index (χ1n) is 23.5. The number of aliphatic hydroxyl groups excluding tert-OH is 3. The monoisotopic (exact) mass is 873 g/mol. The Balaban J connectivity index is 2.45. The van der Waals surface area contributed by atoms with Crippen molar-refractivity contribution in [2.24, 2.45) is 0 Å². The van der Waals surface area contributed by atoms with Gasteiger partial charge in [0.05, 0.1) is 6.61 Å². The summed E-state index contributed by atoms with van der Waals surface area (Å²) >= 11 is 0. The van der Waals surface area contributed by atoms with E-state index in [9.17, 15) is 37.9 Å². The number of carbonyl (C=O) groups excluding carboxylic acids is 2. The van der Waals surface area contributed by atoms with Crippen molar-refractivity contribution >= 4 is 22.1 Å². The molecule has 1 aliphatic heterocycles. The Bertz CT molecular complexity index is 1250. The van der Waals surface area contributed by atoms with Gasteiger partial charge in [-0.05, 0) is 70.6 Å². The van der Waals surface area contributed by atoms with Crippen molar-refractivity contribution in [3.05, 3.63) is 36.5 Å². The molecule has 0 aromatic rings. The maximum atomic E-state index is 12.8. The van der Waals surface area contributed by atoms with Gasteiger partial charge >= 0.3 is 11.9 Å². The average Bonchev–Trinajstić information content (AvgIpc) is 3.21. The van der Waals surface area contributed by atoms with Crippen LogP contribution in [0.2, 0.25) is 0 Å². The van der Waals surface area contributed by atoms with Crippen LogP contribution in [0.4, 0.5) is 0 Å². The Labute approximate surface area is 363 Å². The van der Waals surface area contributed by atoms with Gasteiger partial charge in [0, 0.05) is 12.8 Å². The highest BCUT2D eigenvalue weighted by Crippen LogP contribution is 2.24. The number of aliphatic hydroxyl groups is 3. The number of rotatable bonds is 39. The van der Waals surface area contributed by atoms with E-state index >= 15 is 0 Å². The molecule has 0 spiro atoms. The van der Waals surface area contributed by atoms with Gasteiger partial charge < -0.3 is 34.3 Å². The van der Waals surface area contributed by atoms with Crippen molar-refractivity contribution in [1.82, 2.24) is 0 Å². The van der Waals surface area contributed by atoms with Crippen LogP contribution in [0.3, 0.4) is 0 Å². The number of allylic oxidation sites excluding steroid dienone is 6. The fourth-order valence-corrected chi connectivity index (χ4v) is 7.69. The van der Waals surface area contributed by atoms with E-state index in [-0.39, 0.29) is 19.4 Å². The molecule has 350 valence electrons.